The van der Waals surface area contributed by atoms with Crippen molar-refractivity contribution in [3.8, 4) is 0 Å². The highest BCUT2D eigenvalue weighted by atomic mass is 15.3. The first-order valence-corrected chi connectivity index (χ1v) is 7.72. The minimum Gasteiger partial charge on any atom is -0.367 e. The molecule has 4 heterocycles. The van der Waals surface area contributed by atoms with Crippen LogP contribution in [0.5, 0.6) is 0 Å². The zero-order chi connectivity index (χ0) is 15.8. The third-order valence-electron chi connectivity index (χ3n) is 4.30. The minimum absolute atomic E-state index is 0.309. The number of nitrogens with zero attached hydrogens (tertiary/aromatic N) is 6. The average molecular weight is 310 g/mol. The molecule has 0 atom stereocenters. The Labute approximate surface area is 133 Å². The van der Waals surface area contributed by atoms with E-state index >= 15 is 0 Å². The molecule has 1 saturated heterocycles. The third-order valence-corrected chi connectivity index (χ3v) is 4.30. The molecule has 0 spiro atoms. The summed E-state index contributed by atoms with van der Waals surface area (Å²) < 4.78 is 0. The van der Waals surface area contributed by atoms with E-state index in [1.54, 1.807) is 6.33 Å². The van der Waals surface area contributed by atoms with E-state index in [2.05, 4.69) is 35.0 Å². The van der Waals surface area contributed by atoms with Gasteiger partial charge in [0.25, 0.3) is 0 Å². The number of nitrogens with one attached hydrogen (secondary N) is 1. The maximum atomic E-state index is 5.59. The highest BCUT2D eigenvalue weighted by molar-refractivity contribution is 5.85. The first kappa shape index (κ1) is 13.9. The van der Waals surface area contributed by atoms with Crippen molar-refractivity contribution >= 4 is 22.8 Å². The number of rotatable bonds is 2. The lowest BCUT2D eigenvalue weighted by atomic mass is 9.96. The molecular formula is C15H18N8. The van der Waals surface area contributed by atoms with Crippen LogP contribution in [0, 0.1) is 6.92 Å². The predicted octanol–water partition coefficient (Wildman–Crippen LogP) is 1.42. The van der Waals surface area contributed by atoms with Gasteiger partial charge in [-0.2, -0.15) is 4.98 Å². The van der Waals surface area contributed by atoms with Gasteiger partial charge in [-0.15, -0.1) is 5.10 Å². The van der Waals surface area contributed by atoms with Gasteiger partial charge in [0, 0.05) is 24.7 Å². The van der Waals surface area contributed by atoms with Crippen LogP contribution in [0.3, 0.4) is 0 Å². The lowest BCUT2D eigenvalue weighted by molar-refractivity contribution is 0.485. The molecule has 23 heavy (non-hydrogen) atoms. The molecule has 0 saturated carbocycles. The quantitative estimate of drug-likeness (QED) is 0.736. The van der Waals surface area contributed by atoms with Gasteiger partial charge in [0.05, 0.1) is 5.52 Å². The molecule has 0 aliphatic carbocycles. The normalized spacial score (nSPS) is 16.1. The minimum atomic E-state index is 0.309. The second-order valence-electron chi connectivity index (χ2n) is 5.86. The second kappa shape index (κ2) is 5.45. The van der Waals surface area contributed by atoms with E-state index in [0.29, 0.717) is 11.9 Å². The Hall–Kier alpha value is -2.77. The Morgan fingerprint density at radius 3 is 2.74 bits per heavy atom. The maximum Gasteiger partial charge on any atom is 0.239 e. The third kappa shape index (κ3) is 2.56. The fourth-order valence-corrected chi connectivity index (χ4v) is 3.09. The molecular weight excluding hydrogens is 292 g/mol. The molecule has 0 radical (unpaired) electrons. The van der Waals surface area contributed by atoms with Crippen LogP contribution in [-0.2, 0) is 0 Å². The lowest BCUT2D eigenvalue weighted by Gasteiger charge is -2.32. The summed E-state index contributed by atoms with van der Waals surface area (Å²) in [6.45, 7) is 3.77. The smallest absolute Gasteiger partial charge is 0.239 e. The van der Waals surface area contributed by atoms with E-state index in [1.165, 1.54) is 0 Å². The maximum absolute atomic E-state index is 5.59. The van der Waals surface area contributed by atoms with Gasteiger partial charge in [-0.25, -0.2) is 15.0 Å². The van der Waals surface area contributed by atoms with Gasteiger partial charge < -0.3 is 10.6 Å². The number of hydrogen-bond acceptors (Lipinski definition) is 7. The topological polar surface area (TPSA) is 110 Å². The van der Waals surface area contributed by atoms with Crippen LogP contribution in [0.15, 0.2) is 18.5 Å². The predicted molar refractivity (Wildman–Crippen MR) is 87.1 cm³/mol. The molecule has 3 aromatic heterocycles. The number of piperidine rings is 1. The highest BCUT2D eigenvalue weighted by Gasteiger charge is 2.25. The van der Waals surface area contributed by atoms with Gasteiger partial charge >= 0.3 is 0 Å². The molecule has 8 nitrogen and oxygen atoms in total. The van der Waals surface area contributed by atoms with Crippen molar-refractivity contribution in [2.75, 3.05) is 23.7 Å². The number of nitrogens with two attached hydrogens (primary N) is 1. The first-order chi connectivity index (χ1) is 11.2. The van der Waals surface area contributed by atoms with Crippen LogP contribution in [0.1, 0.15) is 30.3 Å². The van der Waals surface area contributed by atoms with Crippen LogP contribution in [0.25, 0.3) is 11.0 Å². The SMILES string of the molecule is Cc1ccc2ncnc(N3CCC(c4nc(N)n[nH]4)CC3)c2n1. The molecule has 8 heteroatoms. The summed E-state index contributed by atoms with van der Waals surface area (Å²) in [5.74, 6) is 2.46. The molecule has 0 aromatic carbocycles. The zero-order valence-electron chi connectivity index (χ0n) is 12.9. The van der Waals surface area contributed by atoms with E-state index < -0.39 is 0 Å². The first-order valence-electron chi connectivity index (χ1n) is 7.72. The van der Waals surface area contributed by atoms with Crippen LogP contribution in [0.2, 0.25) is 0 Å². The Balaban J connectivity index is 1.58. The fraction of sp³-hybridized carbons (Fsp3) is 0.400. The number of aromatic amines is 1. The molecule has 1 aliphatic rings. The molecule has 0 bridgehead atoms. The largest absolute Gasteiger partial charge is 0.367 e. The van der Waals surface area contributed by atoms with Crippen molar-refractivity contribution in [1.29, 1.82) is 0 Å². The molecule has 3 N–H and O–H groups in total. The molecule has 4 rings (SSSR count). The van der Waals surface area contributed by atoms with E-state index in [1.807, 2.05) is 19.1 Å². The number of pyridine rings is 1. The summed E-state index contributed by atoms with van der Waals surface area (Å²) in [7, 11) is 0. The number of anilines is 2. The second-order valence-corrected chi connectivity index (χ2v) is 5.86. The number of nitrogen functional groups attached to an aromatic ring is 1. The van der Waals surface area contributed by atoms with Crippen molar-refractivity contribution in [3.05, 3.63) is 30.0 Å². The number of H-pyrrole nitrogens is 1. The Bertz CT molecular complexity index is 834. The molecule has 118 valence electrons. The summed E-state index contributed by atoms with van der Waals surface area (Å²) in [4.78, 5) is 19.9. The molecule has 3 aromatic rings. The Morgan fingerprint density at radius 2 is 2.00 bits per heavy atom. The van der Waals surface area contributed by atoms with Gasteiger partial charge in [0.15, 0.2) is 5.82 Å². The van der Waals surface area contributed by atoms with Gasteiger partial charge in [-0.1, -0.05) is 0 Å². The average Bonchev–Trinajstić information content (AvgIpc) is 3.01. The van der Waals surface area contributed by atoms with Gasteiger partial charge in [0.2, 0.25) is 5.95 Å². The Kier molecular flexibility index (Phi) is 3.29. The fourth-order valence-electron chi connectivity index (χ4n) is 3.09. The zero-order valence-corrected chi connectivity index (χ0v) is 12.9. The number of aromatic nitrogens is 6. The highest BCUT2D eigenvalue weighted by Crippen LogP contribution is 2.30. The van der Waals surface area contributed by atoms with Crippen molar-refractivity contribution in [2.24, 2.45) is 0 Å². The van der Waals surface area contributed by atoms with Crippen LogP contribution >= 0.6 is 0 Å². The Morgan fingerprint density at radius 1 is 1.17 bits per heavy atom. The van der Waals surface area contributed by atoms with Gasteiger partial charge in [-0.3, -0.25) is 5.10 Å². The monoisotopic (exact) mass is 310 g/mol. The van der Waals surface area contributed by atoms with Crippen LogP contribution in [0.4, 0.5) is 11.8 Å². The van der Waals surface area contributed by atoms with Crippen molar-refractivity contribution in [1.82, 2.24) is 30.1 Å². The van der Waals surface area contributed by atoms with Gasteiger partial charge in [-0.05, 0) is 31.9 Å². The van der Waals surface area contributed by atoms with Crippen molar-refractivity contribution in [3.63, 3.8) is 0 Å². The van der Waals surface area contributed by atoms with E-state index in [-0.39, 0.29) is 0 Å². The van der Waals surface area contributed by atoms with Crippen LogP contribution < -0.4 is 10.6 Å². The summed E-state index contributed by atoms with van der Waals surface area (Å²) in [6.07, 6.45) is 3.57. The summed E-state index contributed by atoms with van der Waals surface area (Å²) in [5, 5.41) is 6.84. The number of aryl methyl sites for hydroxylation is 1. The van der Waals surface area contributed by atoms with Crippen LogP contribution in [-0.4, -0.2) is 43.2 Å². The van der Waals surface area contributed by atoms with E-state index in [4.69, 9.17) is 5.73 Å². The summed E-state index contributed by atoms with van der Waals surface area (Å²) in [6, 6.07) is 3.96. The van der Waals surface area contributed by atoms with Crippen molar-refractivity contribution in [2.45, 2.75) is 25.7 Å². The molecule has 1 fully saturated rings. The molecule has 0 unspecified atom stereocenters. The molecule has 1 aliphatic heterocycles. The summed E-state index contributed by atoms with van der Waals surface area (Å²) in [5.41, 5.74) is 8.31. The van der Waals surface area contributed by atoms with E-state index in [9.17, 15) is 0 Å². The lowest BCUT2D eigenvalue weighted by Crippen LogP contribution is -2.34. The standard InChI is InChI=1S/C15H18N8/c1-9-2-3-11-12(19-9)14(18-8-17-11)23-6-4-10(5-7-23)13-20-15(16)22-21-13/h2-3,8,10H,4-7H2,1H3,(H3,16,20,21,22). The van der Waals surface area contributed by atoms with Crippen molar-refractivity contribution < 1.29 is 0 Å². The molecule has 0 amide bonds. The number of hydrogen-bond donors (Lipinski definition) is 2. The van der Waals surface area contributed by atoms with Gasteiger partial charge in [0.1, 0.15) is 17.7 Å². The number of fused-ring (bicyclic) bond motifs is 1. The van der Waals surface area contributed by atoms with E-state index in [0.717, 1.165) is 54.3 Å². The summed E-state index contributed by atoms with van der Waals surface area (Å²) >= 11 is 0.